The van der Waals surface area contributed by atoms with Crippen LogP contribution in [0.2, 0.25) is 0 Å². The monoisotopic (exact) mass is 309 g/mol. The van der Waals surface area contributed by atoms with Gasteiger partial charge in [-0.1, -0.05) is 30.3 Å². The van der Waals surface area contributed by atoms with E-state index < -0.39 is 0 Å². The maximum atomic E-state index is 12.6. The number of imidazole rings is 1. The minimum Gasteiger partial charge on any atom is -0.336 e. The molecule has 6 heteroatoms. The molecule has 1 N–H and O–H groups in total. The van der Waals surface area contributed by atoms with Gasteiger partial charge in [0.25, 0.3) is 5.91 Å². The number of anilines is 1. The molecular weight excluding hydrogens is 290 g/mol. The zero-order valence-corrected chi connectivity index (χ0v) is 13.3. The quantitative estimate of drug-likeness (QED) is 0.943. The molecular formula is C17H19N5O. The second-order valence-electron chi connectivity index (χ2n) is 5.95. The molecule has 0 fully saturated rings. The average Bonchev–Trinajstić information content (AvgIpc) is 3.12. The van der Waals surface area contributed by atoms with Crippen LogP contribution >= 0.6 is 0 Å². The third-order valence-corrected chi connectivity index (χ3v) is 4.32. The number of fused-ring (bicyclic) bond motifs is 3. The van der Waals surface area contributed by atoms with E-state index in [-0.39, 0.29) is 11.9 Å². The first-order valence-corrected chi connectivity index (χ1v) is 7.95. The molecule has 0 radical (unpaired) electrons. The first-order valence-electron chi connectivity index (χ1n) is 7.95. The Kier molecular flexibility index (Phi) is 3.18. The largest absolute Gasteiger partial charge is 0.336 e. The molecule has 4 rings (SSSR count). The van der Waals surface area contributed by atoms with E-state index >= 15 is 0 Å². The number of amides is 1. The lowest BCUT2D eigenvalue weighted by Gasteiger charge is -2.32. The lowest BCUT2D eigenvalue weighted by molar-refractivity contribution is 0.0841. The summed E-state index contributed by atoms with van der Waals surface area (Å²) in [5, 5.41) is 0. The van der Waals surface area contributed by atoms with Gasteiger partial charge < -0.3 is 4.98 Å². The predicted molar refractivity (Wildman–Crippen MR) is 88.8 cm³/mol. The van der Waals surface area contributed by atoms with Crippen LogP contribution in [-0.2, 0) is 6.42 Å². The molecule has 1 atom stereocenters. The molecule has 0 saturated carbocycles. The van der Waals surface area contributed by atoms with Gasteiger partial charge in [-0.15, -0.1) is 0 Å². The molecule has 118 valence electrons. The molecule has 0 spiro atoms. The second kappa shape index (κ2) is 5.22. The van der Waals surface area contributed by atoms with Gasteiger partial charge in [0.15, 0.2) is 5.82 Å². The van der Waals surface area contributed by atoms with Crippen molar-refractivity contribution < 1.29 is 4.79 Å². The number of aryl methyl sites for hydroxylation is 1. The molecule has 6 nitrogen and oxygen atoms in total. The van der Waals surface area contributed by atoms with Gasteiger partial charge >= 0.3 is 0 Å². The second-order valence-corrected chi connectivity index (χ2v) is 5.95. The molecule has 1 aromatic carbocycles. The SMILES string of the molecule is CCN1C(=O)c2[nH]c(C)nc2N2C[C@@H](Cc3ccccc3)N=C12. The van der Waals surface area contributed by atoms with Crippen molar-refractivity contribution in [3.63, 3.8) is 0 Å². The van der Waals surface area contributed by atoms with E-state index in [1.807, 2.05) is 32.0 Å². The lowest BCUT2D eigenvalue weighted by atomic mass is 10.1. The van der Waals surface area contributed by atoms with E-state index in [2.05, 4.69) is 27.0 Å². The average molecular weight is 309 g/mol. The summed E-state index contributed by atoms with van der Waals surface area (Å²) in [5.74, 6) is 2.16. The number of aromatic amines is 1. The molecule has 0 unspecified atom stereocenters. The van der Waals surface area contributed by atoms with Crippen LogP contribution in [0.3, 0.4) is 0 Å². The first-order chi connectivity index (χ1) is 11.2. The van der Waals surface area contributed by atoms with Crippen molar-refractivity contribution in [3.8, 4) is 0 Å². The van der Waals surface area contributed by atoms with Crippen molar-refractivity contribution in [2.45, 2.75) is 26.3 Å². The summed E-state index contributed by atoms with van der Waals surface area (Å²) < 4.78 is 0. The summed E-state index contributed by atoms with van der Waals surface area (Å²) in [6, 6.07) is 10.5. The summed E-state index contributed by atoms with van der Waals surface area (Å²) in [7, 11) is 0. The molecule has 0 bridgehead atoms. The number of hydrogen-bond acceptors (Lipinski definition) is 4. The van der Waals surface area contributed by atoms with Crippen molar-refractivity contribution in [2.24, 2.45) is 4.99 Å². The van der Waals surface area contributed by atoms with E-state index in [0.717, 1.165) is 24.7 Å². The number of guanidine groups is 1. The van der Waals surface area contributed by atoms with E-state index in [4.69, 9.17) is 4.99 Å². The van der Waals surface area contributed by atoms with Gasteiger partial charge in [0.05, 0.1) is 12.6 Å². The van der Waals surface area contributed by atoms with Gasteiger partial charge in [-0.2, -0.15) is 0 Å². The van der Waals surface area contributed by atoms with Crippen LogP contribution in [0.5, 0.6) is 0 Å². The molecule has 1 aromatic heterocycles. The Morgan fingerprint density at radius 3 is 2.83 bits per heavy atom. The van der Waals surface area contributed by atoms with Crippen molar-refractivity contribution in [3.05, 3.63) is 47.4 Å². The van der Waals surface area contributed by atoms with Crippen LogP contribution in [0.4, 0.5) is 5.82 Å². The highest BCUT2D eigenvalue weighted by Crippen LogP contribution is 2.30. The zero-order valence-electron chi connectivity index (χ0n) is 13.3. The highest BCUT2D eigenvalue weighted by Gasteiger charge is 2.41. The third kappa shape index (κ3) is 2.21. The lowest BCUT2D eigenvalue weighted by Crippen LogP contribution is -2.50. The van der Waals surface area contributed by atoms with Crippen LogP contribution in [0.1, 0.15) is 28.8 Å². The number of aliphatic imine (C=N–C) groups is 1. The highest BCUT2D eigenvalue weighted by atomic mass is 16.2. The Balaban J connectivity index is 1.68. The van der Waals surface area contributed by atoms with Crippen LogP contribution < -0.4 is 4.90 Å². The van der Waals surface area contributed by atoms with Crippen molar-refractivity contribution in [1.29, 1.82) is 0 Å². The standard InChI is InChI=1S/C17H19N5O/c1-3-21-16(23)14-15(19-11(2)18-14)22-10-13(20-17(21)22)9-12-7-5-4-6-8-12/h4-8,13H,3,9-10H2,1-2H3,(H,18,19)/t13-/m1/s1. The number of nitrogens with zero attached hydrogens (tertiary/aromatic N) is 4. The highest BCUT2D eigenvalue weighted by molar-refractivity contribution is 6.17. The Morgan fingerprint density at radius 2 is 2.09 bits per heavy atom. The minimum absolute atomic E-state index is 0.0431. The van der Waals surface area contributed by atoms with E-state index in [1.54, 1.807) is 4.90 Å². The smallest absolute Gasteiger partial charge is 0.280 e. The zero-order chi connectivity index (χ0) is 16.0. The fourth-order valence-electron chi connectivity index (χ4n) is 3.29. The Labute approximate surface area is 134 Å². The van der Waals surface area contributed by atoms with Gasteiger partial charge in [-0.3, -0.25) is 14.6 Å². The maximum absolute atomic E-state index is 12.6. The molecule has 0 aliphatic carbocycles. The number of H-pyrrole nitrogens is 1. The van der Waals surface area contributed by atoms with Gasteiger partial charge in [-0.05, 0) is 25.8 Å². The molecule has 2 aliphatic rings. The summed E-state index contributed by atoms with van der Waals surface area (Å²) in [4.78, 5) is 28.8. The summed E-state index contributed by atoms with van der Waals surface area (Å²) in [6.45, 7) is 5.20. The summed E-state index contributed by atoms with van der Waals surface area (Å²) in [5.41, 5.74) is 1.83. The first kappa shape index (κ1) is 14.0. The molecule has 1 amide bonds. The van der Waals surface area contributed by atoms with Crippen molar-refractivity contribution in [2.75, 3.05) is 18.0 Å². The Bertz CT molecular complexity index is 780. The molecule has 2 aliphatic heterocycles. The van der Waals surface area contributed by atoms with Crippen LogP contribution in [0, 0.1) is 6.92 Å². The van der Waals surface area contributed by atoms with E-state index in [0.29, 0.717) is 18.1 Å². The number of nitrogens with one attached hydrogen (secondary N) is 1. The number of carbonyl (C=O) groups is 1. The third-order valence-electron chi connectivity index (χ3n) is 4.32. The predicted octanol–water partition coefficient (Wildman–Crippen LogP) is 1.98. The molecule has 2 aromatic rings. The molecule has 3 heterocycles. The summed E-state index contributed by atoms with van der Waals surface area (Å²) >= 11 is 0. The minimum atomic E-state index is -0.0431. The number of carbonyl (C=O) groups excluding carboxylic acids is 1. The fourth-order valence-corrected chi connectivity index (χ4v) is 3.29. The Morgan fingerprint density at radius 1 is 1.30 bits per heavy atom. The van der Waals surface area contributed by atoms with Crippen LogP contribution in [0.25, 0.3) is 0 Å². The van der Waals surface area contributed by atoms with Gasteiger partial charge in [0.1, 0.15) is 11.5 Å². The van der Waals surface area contributed by atoms with Crippen molar-refractivity contribution >= 4 is 17.7 Å². The topological polar surface area (TPSA) is 64.6 Å². The molecule has 23 heavy (non-hydrogen) atoms. The van der Waals surface area contributed by atoms with Crippen LogP contribution in [0.15, 0.2) is 35.3 Å². The number of hydrogen-bond donors (Lipinski definition) is 1. The number of aromatic nitrogens is 2. The number of benzene rings is 1. The summed E-state index contributed by atoms with van der Waals surface area (Å²) in [6.07, 6.45) is 0.866. The fraction of sp³-hybridized carbons (Fsp3) is 0.353. The number of rotatable bonds is 3. The van der Waals surface area contributed by atoms with E-state index in [1.165, 1.54) is 5.56 Å². The van der Waals surface area contributed by atoms with E-state index in [9.17, 15) is 4.79 Å². The van der Waals surface area contributed by atoms with Gasteiger partial charge in [-0.25, -0.2) is 9.98 Å². The normalized spacial score (nSPS) is 19.7. The van der Waals surface area contributed by atoms with Crippen molar-refractivity contribution in [1.82, 2.24) is 14.9 Å². The van der Waals surface area contributed by atoms with Gasteiger partial charge in [0.2, 0.25) is 5.96 Å². The molecule has 0 saturated heterocycles. The van der Waals surface area contributed by atoms with Crippen LogP contribution in [-0.4, -0.2) is 45.9 Å². The maximum Gasteiger partial charge on any atom is 0.280 e. The van der Waals surface area contributed by atoms with Gasteiger partial charge in [0, 0.05) is 6.54 Å². The Hall–Kier alpha value is -2.63.